The van der Waals surface area contributed by atoms with Crippen LogP contribution in [0, 0.1) is 18.3 Å². The number of pyridine rings is 2. The van der Waals surface area contributed by atoms with Gasteiger partial charge >= 0.3 is 6.18 Å². The van der Waals surface area contributed by atoms with Gasteiger partial charge in [-0.25, -0.2) is 4.99 Å². The van der Waals surface area contributed by atoms with Crippen LogP contribution in [0.1, 0.15) is 39.6 Å². The molecule has 2 aromatic heterocycles. The Bertz CT molecular complexity index is 1200. The van der Waals surface area contributed by atoms with Crippen LogP contribution in [0.2, 0.25) is 0 Å². The second-order valence-corrected chi connectivity index (χ2v) is 7.84. The van der Waals surface area contributed by atoms with Crippen LogP contribution in [0.5, 0.6) is 0 Å². The van der Waals surface area contributed by atoms with E-state index >= 15 is 0 Å². The Labute approximate surface area is 187 Å². The molecule has 0 radical (unpaired) electrons. The normalized spacial score (nSPS) is 18.7. The number of β-amino-alcohol motifs (C(OH)–C–C–N with tert-alkyl or cyclic N) is 1. The number of hydrogen-bond acceptors (Lipinski definition) is 7. The monoisotopic (exact) mass is 456 g/mol. The first-order valence-electron chi connectivity index (χ1n) is 10.1. The minimum absolute atomic E-state index is 0.185. The van der Waals surface area contributed by atoms with Gasteiger partial charge in [0, 0.05) is 42.7 Å². The first-order valence-corrected chi connectivity index (χ1v) is 10.1. The number of alkyl halides is 3. The molecule has 1 amide bonds. The van der Waals surface area contributed by atoms with Gasteiger partial charge in [-0.15, -0.1) is 0 Å². The first-order chi connectivity index (χ1) is 15.7. The van der Waals surface area contributed by atoms with Gasteiger partial charge < -0.3 is 15.3 Å². The molecule has 0 aliphatic carbocycles. The number of aliphatic imine (C=N–C) groups is 1. The first kappa shape index (κ1) is 22.4. The summed E-state index contributed by atoms with van der Waals surface area (Å²) in [5.74, 6) is -0.447. The molecule has 1 unspecified atom stereocenters. The second-order valence-electron chi connectivity index (χ2n) is 7.84. The van der Waals surface area contributed by atoms with Crippen molar-refractivity contribution >= 4 is 17.8 Å². The Morgan fingerprint density at radius 3 is 2.73 bits per heavy atom. The average Bonchev–Trinajstić information content (AvgIpc) is 2.77. The van der Waals surface area contributed by atoms with Gasteiger partial charge in [-0.1, -0.05) is 0 Å². The van der Waals surface area contributed by atoms with Gasteiger partial charge in [-0.05, 0) is 37.1 Å². The lowest BCUT2D eigenvalue weighted by molar-refractivity contribution is -0.141. The number of amides is 1. The quantitative estimate of drug-likeness (QED) is 0.731. The summed E-state index contributed by atoms with van der Waals surface area (Å²) in [7, 11) is 0. The highest BCUT2D eigenvalue weighted by molar-refractivity contribution is 6.04. The molecule has 33 heavy (non-hydrogen) atoms. The zero-order chi connectivity index (χ0) is 23.8. The largest absolute Gasteiger partial charge is 0.433 e. The zero-order valence-electron chi connectivity index (χ0n) is 17.5. The van der Waals surface area contributed by atoms with Crippen molar-refractivity contribution in [1.29, 1.82) is 5.26 Å². The van der Waals surface area contributed by atoms with Crippen LogP contribution >= 0.6 is 0 Å². The predicted octanol–water partition coefficient (Wildman–Crippen LogP) is 3.03. The molecule has 4 rings (SSSR count). The van der Waals surface area contributed by atoms with Gasteiger partial charge in [0.1, 0.15) is 11.5 Å². The number of nitrogens with zero attached hydrogens (tertiary/aromatic N) is 5. The molecular weight excluding hydrogens is 437 g/mol. The number of nitrogens with one attached hydrogen (secondary N) is 1. The molecule has 8 nitrogen and oxygen atoms in total. The standard InChI is InChI=1S/C22H19F3N6O2/c1-12-18(15-4-14(7-26)20(29-8-15)31-10-17(32)11-31)6-16(9-28-12)30-21(33)13-2-3-27-19(5-13)22(23,24)25/h2-3,5-6,8-9,15,17,32H,4,10-11H2,1H3,(H,30,33). The van der Waals surface area contributed by atoms with Crippen LogP contribution in [0.15, 0.2) is 47.0 Å². The number of likely N-dealkylation sites (tertiary alicyclic amines) is 1. The van der Waals surface area contributed by atoms with Crippen LogP contribution in [0.25, 0.3) is 0 Å². The highest BCUT2D eigenvalue weighted by Crippen LogP contribution is 2.33. The topological polar surface area (TPSA) is 114 Å². The summed E-state index contributed by atoms with van der Waals surface area (Å²) < 4.78 is 38.7. The van der Waals surface area contributed by atoms with E-state index in [0.717, 1.165) is 11.8 Å². The van der Waals surface area contributed by atoms with Gasteiger partial charge in [0.15, 0.2) is 0 Å². The van der Waals surface area contributed by atoms with Gasteiger partial charge in [0.25, 0.3) is 5.91 Å². The van der Waals surface area contributed by atoms with E-state index in [2.05, 4.69) is 26.3 Å². The Morgan fingerprint density at radius 2 is 2.06 bits per heavy atom. The summed E-state index contributed by atoms with van der Waals surface area (Å²) in [4.78, 5) is 26.3. The van der Waals surface area contributed by atoms with Crippen molar-refractivity contribution in [3.63, 3.8) is 0 Å². The molecular formula is C22H19F3N6O2. The molecule has 0 spiro atoms. The number of carbonyl (C=O) groups excluding carboxylic acids is 1. The number of allylic oxidation sites excluding steroid dienone is 1. The third kappa shape index (κ3) is 4.70. The molecule has 1 fully saturated rings. The van der Waals surface area contributed by atoms with Gasteiger partial charge in [0.05, 0.1) is 29.6 Å². The third-order valence-corrected chi connectivity index (χ3v) is 5.46. The number of aliphatic hydroxyl groups excluding tert-OH is 1. The number of rotatable bonds is 4. The van der Waals surface area contributed by atoms with Crippen molar-refractivity contribution in [2.24, 2.45) is 4.99 Å². The van der Waals surface area contributed by atoms with Gasteiger partial charge in [0.2, 0.25) is 0 Å². The smallest absolute Gasteiger partial charge is 0.389 e. The van der Waals surface area contributed by atoms with Crippen LogP contribution < -0.4 is 5.32 Å². The van der Waals surface area contributed by atoms with Gasteiger partial charge in [-0.2, -0.15) is 18.4 Å². The van der Waals surface area contributed by atoms with E-state index < -0.39 is 23.9 Å². The van der Waals surface area contributed by atoms with E-state index in [1.54, 1.807) is 19.2 Å². The van der Waals surface area contributed by atoms with E-state index in [4.69, 9.17) is 0 Å². The molecule has 4 heterocycles. The van der Waals surface area contributed by atoms with Crippen LogP contribution in [0.3, 0.4) is 0 Å². The highest BCUT2D eigenvalue weighted by atomic mass is 19.4. The van der Waals surface area contributed by atoms with E-state index in [-0.39, 0.29) is 11.5 Å². The fourth-order valence-electron chi connectivity index (χ4n) is 3.71. The molecule has 0 bridgehead atoms. The van der Waals surface area contributed by atoms with E-state index in [1.165, 1.54) is 12.3 Å². The maximum Gasteiger partial charge on any atom is 0.433 e. The maximum atomic E-state index is 12.9. The number of aliphatic hydroxyl groups is 1. The molecule has 1 atom stereocenters. The molecule has 2 aliphatic rings. The summed E-state index contributed by atoms with van der Waals surface area (Å²) in [5, 5.41) is 21.7. The van der Waals surface area contributed by atoms with Crippen LogP contribution in [-0.2, 0) is 6.18 Å². The third-order valence-electron chi connectivity index (χ3n) is 5.46. The van der Waals surface area contributed by atoms with Crippen molar-refractivity contribution < 1.29 is 23.1 Å². The summed E-state index contributed by atoms with van der Waals surface area (Å²) in [6.07, 6.45) is -0.662. The van der Waals surface area contributed by atoms with Crippen LogP contribution in [0.4, 0.5) is 18.9 Å². The molecule has 2 N–H and O–H groups in total. The van der Waals surface area contributed by atoms with E-state index in [9.17, 15) is 28.3 Å². The Balaban J connectivity index is 1.53. The Morgan fingerprint density at radius 1 is 1.30 bits per heavy atom. The molecule has 2 aliphatic heterocycles. The van der Waals surface area contributed by atoms with Gasteiger partial charge in [-0.3, -0.25) is 14.8 Å². The Hall–Kier alpha value is -3.78. The summed E-state index contributed by atoms with van der Waals surface area (Å²) in [6.45, 7) is 2.63. The zero-order valence-corrected chi connectivity index (χ0v) is 17.5. The second kappa shape index (κ2) is 8.63. The summed E-state index contributed by atoms with van der Waals surface area (Å²) in [5.41, 5.74) is 0.858. The summed E-state index contributed by atoms with van der Waals surface area (Å²) in [6, 6.07) is 5.73. The lowest BCUT2D eigenvalue weighted by Crippen LogP contribution is -2.50. The fourth-order valence-corrected chi connectivity index (χ4v) is 3.71. The number of halogens is 3. The van der Waals surface area contributed by atoms with Crippen molar-refractivity contribution in [2.75, 3.05) is 18.4 Å². The Kier molecular flexibility index (Phi) is 5.86. The van der Waals surface area contributed by atoms with Crippen molar-refractivity contribution in [1.82, 2.24) is 14.9 Å². The SMILES string of the molecule is Cc1ncc(NC(=O)c2ccnc(C(F)(F)F)c2)cc1C1C=NC(N2CC(O)C2)=C(C#N)C1. The number of carbonyl (C=O) groups is 1. The molecule has 2 aromatic rings. The van der Waals surface area contributed by atoms with Crippen LogP contribution in [-0.4, -0.2) is 51.3 Å². The predicted molar refractivity (Wildman–Crippen MR) is 112 cm³/mol. The number of aryl methyl sites for hydroxylation is 1. The molecule has 170 valence electrons. The number of nitriles is 1. The van der Waals surface area contributed by atoms with Crippen molar-refractivity contribution in [2.45, 2.75) is 31.5 Å². The maximum absolute atomic E-state index is 12.9. The lowest BCUT2D eigenvalue weighted by atomic mass is 9.90. The molecule has 0 aromatic carbocycles. The van der Waals surface area contributed by atoms with Crippen molar-refractivity contribution in [3.8, 4) is 6.07 Å². The average molecular weight is 456 g/mol. The van der Waals surface area contributed by atoms with E-state index in [1.807, 2.05) is 4.90 Å². The minimum Gasteiger partial charge on any atom is -0.389 e. The highest BCUT2D eigenvalue weighted by Gasteiger charge is 2.33. The fraction of sp³-hybridized carbons (Fsp3) is 0.318. The molecule has 1 saturated heterocycles. The molecule has 0 saturated carbocycles. The lowest BCUT2D eigenvalue weighted by Gasteiger charge is -2.39. The van der Waals surface area contributed by atoms with Crippen molar-refractivity contribution in [3.05, 3.63) is 64.5 Å². The molecule has 11 heteroatoms. The number of aromatic nitrogens is 2. The van der Waals surface area contributed by atoms with E-state index in [0.29, 0.717) is 48.4 Å². The number of hydrogen-bond donors (Lipinski definition) is 2. The minimum atomic E-state index is -4.66. The summed E-state index contributed by atoms with van der Waals surface area (Å²) >= 11 is 0. The number of anilines is 1.